The highest BCUT2D eigenvalue weighted by molar-refractivity contribution is 6.01. The first kappa shape index (κ1) is 21.7. The molecule has 0 spiro atoms. The summed E-state index contributed by atoms with van der Waals surface area (Å²) in [6.45, 7) is 7.59. The number of para-hydroxylation sites is 1. The lowest BCUT2D eigenvalue weighted by Crippen LogP contribution is -2.57. The van der Waals surface area contributed by atoms with Crippen LogP contribution in [0.1, 0.15) is 50.4 Å². The number of hydrogen-bond donors (Lipinski definition) is 1. The van der Waals surface area contributed by atoms with Gasteiger partial charge in [0.15, 0.2) is 0 Å². The molecule has 1 aromatic carbocycles. The lowest BCUT2D eigenvalue weighted by Gasteiger charge is -2.34. The SMILES string of the molecule is CCCOC(=O)C[C@H]1C(=O)NCCN1C(=O)c1ccccc1OCCC(C)C. The molecule has 1 saturated heterocycles. The Morgan fingerprint density at radius 3 is 2.71 bits per heavy atom. The van der Waals surface area contributed by atoms with Gasteiger partial charge in [0, 0.05) is 13.1 Å². The third-order valence-corrected chi connectivity index (χ3v) is 4.49. The molecule has 0 aromatic heterocycles. The van der Waals surface area contributed by atoms with Gasteiger partial charge in [-0.25, -0.2) is 0 Å². The van der Waals surface area contributed by atoms with Crippen molar-refractivity contribution in [1.82, 2.24) is 10.2 Å². The van der Waals surface area contributed by atoms with Gasteiger partial charge in [0.05, 0.1) is 25.2 Å². The summed E-state index contributed by atoms with van der Waals surface area (Å²) in [5, 5.41) is 2.72. The average molecular weight is 390 g/mol. The van der Waals surface area contributed by atoms with E-state index < -0.39 is 12.0 Å². The zero-order valence-electron chi connectivity index (χ0n) is 16.9. The van der Waals surface area contributed by atoms with E-state index in [1.807, 2.05) is 13.0 Å². The van der Waals surface area contributed by atoms with Gasteiger partial charge >= 0.3 is 5.97 Å². The van der Waals surface area contributed by atoms with Gasteiger partial charge in [0.2, 0.25) is 5.91 Å². The molecule has 1 heterocycles. The summed E-state index contributed by atoms with van der Waals surface area (Å²) < 4.78 is 10.9. The molecule has 1 aromatic rings. The van der Waals surface area contributed by atoms with E-state index in [1.54, 1.807) is 18.2 Å². The first-order valence-corrected chi connectivity index (χ1v) is 9.90. The van der Waals surface area contributed by atoms with E-state index in [0.717, 1.165) is 6.42 Å². The predicted octanol–water partition coefficient (Wildman–Crippen LogP) is 2.40. The van der Waals surface area contributed by atoms with E-state index in [0.29, 0.717) is 50.0 Å². The Morgan fingerprint density at radius 2 is 2.00 bits per heavy atom. The van der Waals surface area contributed by atoms with E-state index in [9.17, 15) is 14.4 Å². The number of piperazine rings is 1. The second-order valence-electron chi connectivity index (χ2n) is 7.26. The van der Waals surface area contributed by atoms with Crippen LogP contribution in [0, 0.1) is 5.92 Å². The summed E-state index contributed by atoms with van der Waals surface area (Å²) in [5.74, 6) is -0.156. The third kappa shape index (κ3) is 5.97. The molecule has 7 heteroatoms. The van der Waals surface area contributed by atoms with Crippen LogP contribution in [0.2, 0.25) is 0 Å². The molecule has 1 N–H and O–H groups in total. The standard InChI is InChI=1S/C21H30N2O5/c1-4-12-28-19(24)14-17-20(25)22-10-11-23(17)21(26)16-7-5-6-8-18(16)27-13-9-15(2)3/h5-8,15,17H,4,9-14H2,1-3H3,(H,22,25)/t17-/m0/s1. The van der Waals surface area contributed by atoms with Gasteiger partial charge in [-0.15, -0.1) is 0 Å². The number of carbonyl (C=O) groups excluding carboxylic acids is 3. The number of nitrogens with zero attached hydrogens (tertiary/aromatic N) is 1. The average Bonchev–Trinajstić information content (AvgIpc) is 2.67. The largest absolute Gasteiger partial charge is 0.493 e. The maximum atomic E-state index is 13.2. The topological polar surface area (TPSA) is 84.9 Å². The highest BCUT2D eigenvalue weighted by atomic mass is 16.5. The van der Waals surface area contributed by atoms with Crippen LogP contribution >= 0.6 is 0 Å². The Hall–Kier alpha value is -2.57. The van der Waals surface area contributed by atoms with E-state index in [2.05, 4.69) is 19.2 Å². The Balaban J connectivity index is 2.15. The molecule has 2 amide bonds. The number of nitrogens with one attached hydrogen (secondary N) is 1. The van der Waals surface area contributed by atoms with E-state index in [4.69, 9.17) is 9.47 Å². The molecule has 154 valence electrons. The predicted molar refractivity (Wildman–Crippen MR) is 105 cm³/mol. The van der Waals surface area contributed by atoms with Crippen LogP contribution in [0.3, 0.4) is 0 Å². The number of amides is 2. The normalized spacial score (nSPS) is 16.6. The van der Waals surface area contributed by atoms with E-state index in [1.165, 1.54) is 4.90 Å². The monoisotopic (exact) mass is 390 g/mol. The van der Waals surface area contributed by atoms with Crippen molar-refractivity contribution in [3.63, 3.8) is 0 Å². The number of rotatable bonds is 9. The van der Waals surface area contributed by atoms with Gasteiger partial charge in [-0.1, -0.05) is 32.9 Å². The van der Waals surface area contributed by atoms with Crippen LogP contribution in [0.15, 0.2) is 24.3 Å². The lowest BCUT2D eigenvalue weighted by molar-refractivity contribution is -0.147. The van der Waals surface area contributed by atoms with Crippen molar-refractivity contribution >= 4 is 17.8 Å². The van der Waals surface area contributed by atoms with Crippen LogP contribution in [-0.4, -0.2) is 55.0 Å². The molecule has 0 unspecified atom stereocenters. The first-order valence-electron chi connectivity index (χ1n) is 9.90. The molecular weight excluding hydrogens is 360 g/mol. The summed E-state index contributed by atoms with van der Waals surface area (Å²) >= 11 is 0. The fraction of sp³-hybridized carbons (Fsp3) is 0.571. The molecule has 1 aliphatic rings. The first-order chi connectivity index (χ1) is 13.4. The molecule has 1 atom stereocenters. The Labute approximate surface area is 166 Å². The van der Waals surface area contributed by atoms with Crippen molar-refractivity contribution in [2.24, 2.45) is 5.92 Å². The number of esters is 1. The van der Waals surface area contributed by atoms with Crippen molar-refractivity contribution in [3.05, 3.63) is 29.8 Å². The van der Waals surface area contributed by atoms with Crippen LogP contribution in [0.25, 0.3) is 0 Å². The Bertz CT molecular complexity index is 689. The molecule has 2 rings (SSSR count). The van der Waals surface area contributed by atoms with E-state index in [-0.39, 0.29) is 18.2 Å². The van der Waals surface area contributed by atoms with Crippen LogP contribution in [0.4, 0.5) is 0 Å². The summed E-state index contributed by atoms with van der Waals surface area (Å²) in [6, 6.07) is 6.13. The van der Waals surface area contributed by atoms with Gasteiger partial charge in [-0.2, -0.15) is 0 Å². The molecule has 28 heavy (non-hydrogen) atoms. The van der Waals surface area contributed by atoms with Gasteiger partial charge in [-0.3, -0.25) is 14.4 Å². The van der Waals surface area contributed by atoms with Crippen LogP contribution < -0.4 is 10.1 Å². The fourth-order valence-corrected chi connectivity index (χ4v) is 2.92. The fourth-order valence-electron chi connectivity index (χ4n) is 2.92. The molecule has 7 nitrogen and oxygen atoms in total. The molecule has 1 aliphatic heterocycles. The number of hydrogen-bond acceptors (Lipinski definition) is 5. The second-order valence-corrected chi connectivity index (χ2v) is 7.26. The van der Waals surface area contributed by atoms with Crippen molar-refractivity contribution in [2.45, 2.75) is 46.1 Å². The summed E-state index contributed by atoms with van der Waals surface area (Å²) in [4.78, 5) is 39.0. The minimum Gasteiger partial charge on any atom is -0.493 e. The van der Waals surface area contributed by atoms with Crippen LogP contribution in [-0.2, 0) is 14.3 Å². The second kappa shape index (κ2) is 10.7. The van der Waals surface area contributed by atoms with Gasteiger partial charge in [0.25, 0.3) is 5.91 Å². The van der Waals surface area contributed by atoms with Crippen molar-refractivity contribution < 1.29 is 23.9 Å². The zero-order chi connectivity index (χ0) is 20.5. The molecule has 1 fully saturated rings. The smallest absolute Gasteiger partial charge is 0.308 e. The maximum Gasteiger partial charge on any atom is 0.308 e. The quantitative estimate of drug-likeness (QED) is 0.655. The highest BCUT2D eigenvalue weighted by Crippen LogP contribution is 2.23. The van der Waals surface area contributed by atoms with Crippen molar-refractivity contribution in [1.29, 1.82) is 0 Å². The summed E-state index contributed by atoms with van der Waals surface area (Å²) in [5.41, 5.74) is 0.396. The highest BCUT2D eigenvalue weighted by Gasteiger charge is 2.36. The Kier molecular flexibility index (Phi) is 8.29. The van der Waals surface area contributed by atoms with Crippen LogP contribution in [0.5, 0.6) is 5.75 Å². The van der Waals surface area contributed by atoms with Crippen molar-refractivity contribution in [2.75, 3.05) is 26.3 Å². The summed E-state index contributed by atoms with van der Waals surface area (Å²) in [7, 11) is 0. The van der Waals surface area contributed by atoms with Gasteiger partial charge in [-0.05, 0) is 30.9 Å². The van der Waals surface area contributed by atoms with E-state index >= 15 is 0 Å². The zero-order valence-corrected chi connectivity index (χ0v) is 16.9. The lowest BCUT2D eigenvalue weighted by atomic mass is 10.1. The summed E-state index contributed by atoms with van der Waals surface area (Å²) in [6.07, 6.45) is 1.42. The third-order valence-electron chi connectivity index (χ3n) is 4.49. The van der Waals surface area contributed by atoms with Crippen molar-refractivity contribution in [3.8, 4) is 5.75 Å². The molecule has 0 bridgehead atoms. The minimum absolute atomic E-state index is 0.159. The van der Waals surface area contributed by atoms with Gasteiger partial charge < -0.3 is 19.7 Å². The number of benzene rings is 1. The molecule has 0 radical (unpaired) electrons. The minimum atomic E-state index is -0.880. The molecule has 0 aliphatic carbocycles. The Morgan fingerprint density at radius 1 is 1.25 bits per heavy atom. The number of ether oxygens (including phenoxy) is 2. The number of carbonyl (C=O) groups is 3. The molecule has 0 saturated carbocycles. The molecular formula is C21H30N2O5. The van der Waals surface area contributed by atoms with Gasteiger partial charge in [0.1, 0.15) is 11.8 Å². The maximum absolute atomic E-state index is 13.2.